The van der Waals surface area contributed by atoms with Crippen LogP contribution in [0.25, 0.3) is 21.8 Å². The molecule has 7 heteroatoms. The SMILES string of the molecule is COCCOc1cccc(Cn2c3cc(N)ccc3c3ccc(N)cc32)c1.Cl.Cl. The third-order valence-corrected chi connectivity index (χ3v) is 4.71. The first-order chi connectivity index (χ1) is 13.2. The van der Waals surface area contributed by atoms with Gasteiger partial charge in [-0.2, -0.15) is 0 Å². The molecule has 1 aromatic heterocycles. The maximum absolute atomic E-state index is 6.06. The number of ether oxygens (including phenoxy) is 2. The van der Waals surface area contributed by atoms with Crippen molar-refractivity contribution in [2.45, 2.75) is 6.54 Å². The van der Waals surface area contributed by atoms with Gasteiger partial charge in [-0.1, -0.05) is 24.3 Å². The van der Waals surface area contributed by atoms with Gasteiger partial charge in [0.05, 0.1) is 17.6 Å². The van der Waals surface area contributed by atoms with Crippen LogP contribution >= 0.6 is 24.8 Å². The Morgan fingerprint density at radius 1 is 0.793 bits per heavy atom. The average molecular weight is 434 g/mol. The van der Waals surface area contributed by atoms with Crippen molar-refractivity contribution in [3.8, 4) is 5.75 Å². The number of nitrogen functional groups attached to an aromatic ring is 2. The van der Waals surface area contributed by atoms with Crippen LogP contribution in [0.1, 0.15) is 5.56 Å². The second kappa shape index (κ2) is 9.74. The summed E-state index contributed by atoms with van der Waals surface area (Å²) in [6.45, 7) is 1.80. The molecule has 0 unspecified atom stereocenters. The Morgan fingerprint density at radius 2 is 1.41 bits per heavy atom. The zero-order valence-corrected chi connectivity index (χ0v) is 17.8. The summed E-state index contributed by atoms with van der Waals surface area (Å²) in [5, 5.41) is 2.35. The fraction of sp³-hybridized carbons (Fsp3) is 0.182. The molecule has 0 spiro atoms. The van der Waals surface area contributed by atoms with Gasteiger partial charge in [0.25, 0.3) is 0 Å². The van der Waals surface area contributed by atoms with E-state index >= 15 is 0 Å². The highest BCUT2D eigenvalue weighted by Crippen LogP contribution is 2.32. The predicted molar refractivity (Wildman–Crippen MR) is 126 cm³/mol. The topological polar surface area (TPSA) is 75.4 Å². The Morgan fingerprint density at radius 3 is 2.00 bits per heavy atom. The summed E-state index contributed by atoms with van der Waals surface area (Å²) in [4.78, 5) is 0. The molecule has 3 aromatic carbocycles. The largest absolute Gasteiger partial charge is 0.491 e. The maximum atomic E-state index is 6.06. The Kier molecular flexibility index (Phi) is 7.62. The van der Waals surface area contributed by atoms with Crippen molar-refractivity contribution in [2.24, 2.45) is 0 Å². The molecule has 4 rings (SSSR count). The van der Waals surface area contributed by atoms with Gasteiger partial charge in [0, 0.05) is 35.8 Å². The number of aromatic nitrogens is 1. The summed E-state index contributed by atoms with van der Waals surface area (Å²) in [6.07, 6.45) is 0. The van der Waals surface area contributed by atoms with Crippen LogP contribution in [-0.4, -0.2) is 24.9 Å². The van der Waals surface area contributed by atoms with Crippen LogP contribution in [0.4, 0.5) is 11.4 Å². The summed E-state index contributed by atoms with van der Waals surface area (Å²) in [6, 6.07) is 20.2. The number of hydrogen-bond acceptors (Lipinski definition) is 4. The molecule has 0 fully saturated rings. The van der Waals surface area contributed by atoms with Gasteiger partial charge in [-0.05, 0) is 42.0 Å². The van der Waals surface area contributed by atoms with Crippen molar-refractivity contribution in [1.82, 2.24) is 4.57 Å². The lowest BCUT2D eigenvalue weighted by Crippen LogP contribution is -2.05. The molecule has 4 N–H and O–H groups in total. The van der Waals surface area contributed by atoms with E-state index < -0.39 is 0 Å². The summed E-state index contributed by atoms with van der Waals surface area (Å²) in [7, 11) is 1.67. The first kappa shape index (κ1) is 22.7. The predicted octanol–water partition coefficient (Wildman–Crippen LogP) is 4.88. The van der Waals surface area contributed by atoms with Crippen molar-refractivity contribution < 1.29 is 9.47 Å². The average Bonchev–Trinajstić information content (AvgIpc) is 2.95. The van der Waals surface area contributed by atoms with E-state index in [1.165, 1.54) is 10.8 Å². The lowest BCUT2D eigenvalue weighted by Gasteiger charge is -2.11. The second-order valence-corrected chi connectivity index (χ2v) is 6.63. The van der Waals surface area contributed by atoms with Crippen LogP contribution < -0.4 is 16.2 Å². The lowest BCUT2D eigenvalue weighted by atomic mass is 10.1. The number of methoxy groups -OCH3 is 1. The van der Waals surface area contributed by atoms with Gasteiger partial charge in [-0.15, -0.1) is 24.8 Å². The highest BCUT2D eigenvalue weighted by molar-refractivity contribution is 6.09. The van der Waals surface area contributed by atoms with E-state index in [0.29, 0.717) is 19.8 Å². The Balaban J connectivity index is 0.00000150. The van der Waals surface area contributed by atoms with E-state index in [1.54, 1.807) is 7.11 Å². The van der Waals surface area contributed by atoms with E-state index in [-0.39, 0.29) is 24.8 Å². The van der Waals surface area contributed by atoms with Crippen LogP contribution in [-0.2, 0) is 11.3 Å². The fourth-order valence-corrected chi connectivity index (χ4v) is 3.46. The lowest BCUT2D eigenvalue weighted by molar-refractivity contribution is 0.146. The molecule has 29 heavy (non-hydrogen) atoms. The van der Waals surface area contributed by atoms with Gasteiger partial charge in [-0.25, -0.2) is 0 Å². The zero-order chi connectivity index (χ0) is 18.8. The summed E-state index contributed by atoms with van der Waals surface area (Å²) >= 11 is 0. The number of fused-ring (bicyclic) bond motifs is 3. The number of nitrogens with zero attached hydrogens (tertiary/aromatic N) is 1. The number of anilines is 2. The Labute approximate surface area is 182 Å². The summed E-state index contributed by atoms with van der Waals surface area (Å²) in [5.74, 6) is 0.837. The minimum Gasteiger partial charge on any atom is -0.491 e. The minimum absolute atomic E-state index is 0. The van der Waals surface area contributed by atoms with E-state index in [1.807, 2.05) is 36.4 Å². The molecule has 0 amide bonds. The normalized spacial score (nSPS) is 10.5. The molecule has 0 bridgehead atoms. The van der Waals surface area contributed by atoms with Crippen molar-refractivity contribution in [3.63, 3.8) is 0 Å². The molecule has 5 nitrogen and oxygen atoms in total. The monoisotopic (exact) mass is 433 g/mol. The van der Waals surface area contributed by atoms with Crippen molar-refractivity contribution in [2.75, 3.05) is 31.8 Å². The van der Waals surface area contributed by atoms with Crippen LogP contribution in [0.2, 0.25) is 0 Å². The van der Waals surface area contributed by atoms with Crippen molar-refractivity contribution in [3.05, 3.63) is 66.2 Å². The zero-order valence-electron chi connectivity index (χ0n) is 16.1. The van der Waals surface area contributed by atoms with Crippen LogP contribution in [0.3, 0.4) is 0 Å². The second-order valence-electron chi connectivity index (χ2n) is 6.63. The molecule has 0 saturated carbocycles. The van der Waals surface area contributed by atoms with Gasteiger partial charge in [0.15, 0.2) is 0 Å². The Hall–Kier alpha value is -2.60. The molecule has 0 aliphatic rings. The van der Waals surface area contributed by atoms with Crippen LogP contribution in [0, 0.1) is 0 Å². The standard InChI is InChI=1S/C22H23N3O2.2ClH/c1-26-9-10-27-18-4-2-3-15(11-18)14-25-21-12-16(23)5-7-19(21)20-8-6-17(24)13-22(20)25;;/h2-8,11-13H,9-10,14,23-24H2,1H3;2*1H. The van der Waals surface area contributed by atoms with Gasteiger partial charge >= 0.3 is 0 Å². The molecule has 1 heterocycles. The highest BCUT2D eigenvalue weighted by Gasteiger charge is 2.12. The molecule has 0 aliphatic carbocycles. The van der Waals surface area contributed by atoms with Crippen LogP contribution in [0.15, 0.2) is 60.7 Å². The van der Waals surface area contributed by atoms with Crippen LogP contribution in [0.5, 0.6) is 5.75 Å². The third kappa shape index (κ3) is 4.70. The molecule has 0 atom stereocenters. The molecular formula is C22H25Cl2N3O2. The summed E-state index contributed by atoms with van der Waals surface area (Å²) in [5.41, 5.74) is 17.0. The van der Waals surface area contributed by atoms with Crippen molar-refractivity contribution >= 4 is 58.0 Å². The maximum Gasteiger partial charge on any atom is 0.119 e. The van der Waals surface area contributed by atoms with E-state index in [0.717, 1.165) is 33.7 Å². The summed E-state index contributed by atoms with van der Waals surface area (Å²) < 4.78 is 13.0. The van der Waals surface area contributed by atoms with Gasteiger partial charge in [0.2, 0.25) is 0 Å². The van der Waals surface area contributed by atoms with E-state index in [4.69, 9.17) is 20.9 Å². The molecule has 0 aliphatic heterocycles. The molecule has 0 radical (unpaired) electrons. The van der Waals surface area contributed by atoms with Gasteiger partial charge in [0.1, 0.15) is 12.4 Å². The number of halogens is 2. The third-order valence-electron chi connectivity index (χ3n) is 4.71. The van der Waals surface area contributed by atoms with E-state index in [2.05, 4.69) is 28.8 Å². The van der Waals surface area contributed by atoms with Gasteiger partial charge < -0.3 is 25.5 Å². The highest BCUT2D eigenvalue weighted by atomic mass is 35.5. The van der Waals surface area contributed by atoms with Crippen molar-refractivity contribution in [1.29, 1.82) is 0 Å². The number of benzene rings is 3. The van der Waals surface area contributed by atoms with E-state index in [9.17, 15) is 0 Å². The molecule has 154 valence electrons. The Bertz CT molecular complexity index is 1050. The molecule has 4 aromatic rings. The fourth-order valence-electron chi connectivity index (χ4n) is 3.46. The first-order valence-electron chi connectivity index (χ1n) is 8.93. The number of rotatable bonds is 6. The molecular weight excluding hydrogens is 409 g/mol. The molecule has 0 saturated heterocycles. The first-order valence-corrected chi connectivity index (χ1v) is 8.93. The number of nitrogens with two attached hydrogens (primary N) is 2. The minimum atomic E-state index is 0. The van der Waals surface area contributed by atoms with Gasteiger partial charge in [-0.3, -0.25) is 0 Å². The quantitative estimate of drug-likeness (QED) is 0.335. The smallest absolute Gasteiger partial charge is 0.119 e. The number of hydrogen-bond donors (Lipinski definition) is 2.